The summed E-state index contributed by atoms with van der Waals surface area (Å²) in [6.45, 7) is 8.29. The zero-order chi connectivity index (χ0) is 25.7. The van der Waals surface area contributed by atoms with Crippen LogP contribution < -0.4 is 5.32 Å². The van der Waals surface area contributed by atoms with Gasteiger partial charge < -0.3 is 24.4 Å². The summed E-state index contributed by atoms with van der Waals surface area (Å²) < 4.78 is 30.9. The fraction of sp³-hybridized carbons (Fsp3) is 0.714. The summed E-state index contributed by atoms with van der Waals surface area (Å²) in [6, 6.07) is 6.79. The predicted octanol–water partition coefficient (Wildman–Crippen LogP) is 4.65. The molecule has 2 aliphatic heterocycles. The van der Waals surface area contributed by atoms with Crippen molar-refractivity contribution >= 4 is 12.0 Å². The van der Waals surface area contributed by atoms with Crippen LogP contribution in [0.4, 0.5) is 9.18 Å². The highest BCUT2D eigenvalue weighted by Gasteiger charge is 2.37. The van der Waals surface area contributed by atoms with Crippen LogP contribution in [0, 0.1) is 17.7 Å². The first kappa shape index (κ1) is 26.9. The van der Waals surface area contributed by atoms with Crippen LogP contribution >= 0.6 is 0 Å². The van der Waals surface area contributed by atoms with E-state index in [0.717, 1.165) is 37.7 Å². The Morgan fingerprint density at radius 3 is 2.58 bits per heavy atom. The fourth-order valence-electron chi connectivity index (χ4n) is 5.62. The highest BCUT2D eigenvalue weighted by Crippen LogP contribution is 2.35. The predicted molar refractivity (Wildman–Crippen MR) is 134 cm³/mol. The fourth-order valence-corrected chi connectivity index (χ4v) is 5.62. The molecule has 1 aromatic rings. The van der Waals surface area contributed by atoms with Crippen molar-refractivity contribution in [3.8, 4) is 0 Å². The molecule has 2 heterocycles. The van der Waals surface area contributed by atoms with Crippen molar-refractivity contribution in [1.29, 1.82) is 0 Å². The Bertz CT molecular complexity index is 890. The number of hydrogen-bond acceptors (Lipinski definition) is 5. The van der Waals surface area contributed by atoms with Crippen molar-refractivity contribution in [2.75, 3.05) is 32.9 Å². The Morgan fingerprint density at radius 2 is 1.92 bits per heavy atom. The molecule has 1 unspecified atom stereocenters. The second-order valence-corrected chi connectivity index (χ2v) is 11.5. The molecule has 0 aromatic heterocycles. The quantitative estimate of drug-likeness (QED) is 0.611. The summed E-state index contributed by atoms with van der Waals surface area (Å²) in [5.41, 5.74) is 0.489. The Hall–Kier alpha value is -2.19. The molecule has 0 radical (unpaired) electrons. The lowest BCUT2D eigenvalue weighted by Crippen LogP contribution is -2.55. The number of nitrogens with one attached hydrogen (secondary N) is 1. The van der Waals surface area contributed by atoms with E-state index in [1.807, 2.05) is 31.7 Å². The molecular weight excluding hydrogens is 463 g/mol. The van der Waals surface area contributed by atoms with Crippen LogP contribution in [-0.4, -0.2) is 67.6 Å². The number of benzene rings is 1. The van der Waals surface area contributed by atoms with Crippen LogP contribution in [0.1, 0.15) is 70.8 Å². The van der Waals surface area contributed by atoms with E-state index in [-0.39, 0.29) is 35.7 Å². The molecule has 8 heteroatoms. The average Bonchev–Trinajstić information content (AvgIpc) is 3.37. The number of carbonyl (C=O) groups excluding carboxylic acids is 2. The standard InChI is InChI=1S/C28H41FN2O5/c1-28(2,3)36-27(33)30-25-11-13-31(26(32)21-12-14-34-17-21)16-22(25)18-35-24-9-7-19(8-10-24)20-5-4-6-23(29)15-20/h4-6,15,19,21-22,24-25H,7-14,16-18H2,1-3H3,(H,30,33)/t19?,21-,22?,24?,25+/m1/s1. The minimum atomic E-state index is -0.574. The maximum atomic E-state index is 13.6. The van der Waals surface area contributed by atoms with Crippen LogP contribution in [0.25, 0.3) is 0 Å². The molecule has 3 fully saturated rings. The summed E-state index contributed by atoms with van der Waals surface area (Å²) in [5, 5.41) is 3.04. The van der Waals surface area contributed by atoms with Crippen LogP contribution in [0.15, 0.2) is 24.3 Å². The van der Waals surface area contributed by atoms with E-state index in [9.17, 15) is 14.0 Å². The van der Waals surface area contributed by atoms with Gasteiger partial charge in [-0.05, 0) is 82.9 Å². The number of piperidine rings is 1. The Balaban J connectivity index is 1.33. The molecule has 36 heavy (non-hydrogen) atoms. The Morgan fingerprint density at radius 1 is 1.14 bits per heavy atom. The third-order valence-corrected chi connectivity index (χ3v) is 7.57. The van der Waals surface area contributed by atoms with Crippen molar-refractivity contribution in [2.45, 2.75) is 83.0 Å². The van der Waals surface area contributed by atoms with Gasteiger partial charge in [0, 0.05) is 31.7 Å². The normalized spacial score (nSPS) is 29.1. The van der Waals surface area contributed by atoms with Crippen LogP contribution in [0.5, 0.6) is 0 Å². The zero-order valence-corrected chi connectivity index (χ0v) is 21.8. The van der Waals surface area contributed by atoms with Crippen LogP contribution in [0.2, 0.25) is 0 Å². The van der Waals surface area contributed by atoms with E-state index in [2.05, 4.69) is 5.32 Å². The molecule has 1 saturated carbocycles. The average molecular weight is 505 g/mol. The number of carbonyl (C=O) groups is 2. The second kappa shape index (κ2) is 11.9. The third kappa shape index (κ3) is 7.42. The second-order valence-electron chi connectivity index (χ2n) is 11.5. The van der Waals surface area contributed by atoms with Crippen LogP contribution in [-0.2, 0) is 19.0 Å². The SMILES string of the molecule is CC(C)(C)OC(=O)N[C@H]1CCN(C(=O)[C@@H]2CCOC2)CC1COC1CCC(c2cccc(F)c2)CC1. The topological polar surface area (TPSA) is 77.1 Å². The van der Waals surface area contributed by atoms with Gasteiger partial charge in [-0.15, -0.1) is 0 Å². The lowest BCUT2D eigenvalue weighted by molar-refractivity contribution is -0.138. The first-order valence-electron chi connectivity index (χ1n) is 13.4. The highest BCUT2D eigenvalue weighted by molar-refractivity contribution is 5.79. The zero-order valence-electron chi connectivity index (χ0n) is 21.8. The van der Waals surface area contributed by atoms with Gasteiger partial charge in [-0.25, -0.2) is 9.18 Å². The summed E-state index contributed by atoms with van der Waals surface area (Å²) in [7, 11) is 0. The van der Waals surface area contributed by atoms with E-state index in [1.54, 1.807) is 12.1 Å². The highest BCUT2D eigenvalue weighted by atomic mass is 19.1. The first-order valence-corrected chi connectivity index (χ1v) is 13.4. The van der Waals surface area contributed by atoms with E-state index >= 15 is 0 Å². The molecule has 0 bridgehead atoms. The lowest BCUT2D eigenvalue weighted by Gasteiger charge is -2.40. The molecule has 1 N–H and O–H groups in total. The molecule has 1 aromatic carbocycles. The van der Waals surface area contributed by atoms with Crippen molar-refractivity contribution in [1.82, 2.24) is 10.2 Å². The monoisotopic (exact) mass is 504 g/mol. The van der Waals surface area contributed by atoms with Gasteiger partial charge in [-0.2, -0.15) is 0 Å². The summed E-state index contributed by atoms with van der Waals surface area (Å²) >= 11 is 0. The largest absolute Gasteiger partial charge is 0.444 e. The lowest BCUT2D eigenvalue weighted by atomic mass is 9.82. The van der Waals surface area contributed by atoms with Crippen molar-refractivity contribution in [3.63, 3.8) is 0 Å². The number of ether oxygens (including phenoxy) is 3. The maximum absolute atomic E-state index is 13.6. The molecule has 7 nitrogen and oxygen atoms in total. The molecule has 2 saturated heterocycles. The Kier molecular flexibility index (Phi) is 8.88. The van der Waals surface area contributed by atoms with E-state index < -0.39 is 11.7 Å². The van der Waals surface area contributed by atoms with Gasteiger partial charge in [-0.1, -0.05) is 12.1 Å². The number of rotatable bonds is 6. The Labute approximate surface area is 214 Å². The van der Waals surface area contributed by atoms with Crippen molar-refractivity contribution < 1.29 is 28.2 Å². The van der Waals surface area contributed by atoms with E-state index in [4.69, 9.17) is 14.2 Å². The minimum absolute atomic E-state index is 0.0153. The van der Waals surface area contributed by atoms with Gasteiger partial charge in [0.25, 0.3) is 0 Å². The number of nitrogens with zero attached hydrogens (tertiary/aromatic N) is 1. The van der Waals surface area contributed by atoms with Crippen molar-refractivity contribution in [3.05, 3.63) is 35.6 Å². The minimum Gasteiger partial charge on any atom is -0.444 e. The molecule has 3 aliphatic rings. The smallest absolute Gasteiger partial charge is 0.407 e. The molecule has 4 rings (SSSR count). The van der Waals surface area contributed by atoms with Crippen LogP contribution in [0.3, 0.4) is 0 Å². The number of alkyl carbamates (subject to hydrolysis) is 1. The van der Waals surface area contributed by atoms with Gasteiger partial charge in [-0.3, -0.25) is 4.79 Å². The number of amides is 2. The van der Waals surface area contributed by atoms with Gasteiger partial charge in [0.15, 0.2) is 0 Å². The van der Waals surface area contributed by atoms with Gasteiger partial charge in [0.1, 0.15) is 11.4 Å². The number of likely N-dealkylation sites (tertiary alicyclic amines) is 1. The molecule has 200 valence electrons. The molecule has 2 amide bonds. The number of hydrogen-bond donors (Lipinski definition) is 1. The molecular formula is C28H41FN2O5. The van der Waals surface area contributed by atoms with E-state index in [1.165, 1.54) is 6.07 Å². The summed E-state index contributed by atoms with van der Waals surface area (Å²) in [5.74, 6) is 0.232. The van der Waals surface area contributed by atoms with Gasteiger partial charge >= 0.3 is 6.09 Å². The van der Waals surface area contributed by atoms with Gasteiger partial charge in [0.2, 0.25) is 5.91 Å². The van der Waals surface area contributed by atoms with E-state index in [0.29, 0.717) is 45.2 Å². The maximum Gasteiger partial charge on any atom is 0.407 e. The first-order chi connectivity index (χ1) is 17.2. The molecule has 0 spiro atoms. The summed E-state index contributed by atoms with van der Waals surface area (Å²) in [4.78, 5) is 27.4. The number of halogens is 1. The molecule has 1 aliphatic carbocycles. The van der Waals surface area contributed by atoms with Crippen molar-refractivity contribution in [2.24, 2.45) is 11.8 Å². The third-order valence-electron chi connectivity index (χ3n) is 7.57. The molecule has 3 atom stereocenters. The summed E-state index contributed by atoms with van der Waals surface area (Å²) in [6.07, 6.45) is 4.89. The van der Waals surface area contributed by atoms with Gasteiger partial charge in [0.05, 0.1) is 25.2 Å².